The zero-order chi connectivity index (χ0) is 30.8. The van der Waals surface area contributed by atoms with Crippen molar-refractivity contribution in [3.63, 3.8) is 0 Å². The van der Waals surface area contributed by atoms with Gasteiger partial charge in [-0.25, -0.2) is 9.31 Å². The van der Waals surface area contributed by atoms with E-state index in [4.69, 9.17) is 9.84 Å². The first-order chi connectivity index (χ1) is 22.2. The Morgan fingerprint density at radius 3 is 1.44 bits per heavy atom. The molecule has 5 aromatic carbocycles. The number of carbonyl (C=O) groups excluding carboxylic acids is 2. The molecule has 0 bridgehead atoms. The Kier molecular flexibility index (Phi) is 7.34. The molecule has 7 rings (SSSR count). The standard InChI is InChI=1S/C40H28N2O3/c1-45-40(44)35-36(39(43)31-25-15-6-16-26-31)41-42-37(30-23-13-5-14-24-30)33(28-19-9-3-10-20-28)32(27-17-7-2-8-18-27)34(38(35)42)29-21-11-4-12-22-29/h2-26H,1H3. The third-order valence-corrected chi connectivity index (χ3v) is 7.95. The monoisotopic (exact) mass is 584 g/mol. The zero-order valence-electron chi connectivity index (χ0n) is 24.6. The molecular weight excluding hydrogens is 556 g/mol. The number of benzene rings is 5. The van der Waals surface area contributed by atoms with E-state index in [1.54, 1.807) is 28.8 Å². The van der Waals surface area contributed by atoms with E-state index >= 15 is 0 Å². The Hall–Kier alpha value is -6.07. The molecule has 0 aliphatic heterocycles. The number of hydrogen-bond donors (Lipinski definition) is 0. The van der Waals surface area contributed by atoms with Gasteiger partial charge in [0.15, 0.2) is 0 Å². The van der Waals surface area contributed by atoms with Crippen LogP contribution in [0.4, 0.5) is 0 Å². The van der Waals surface area contributed by atoms with Crippen molar-refractivity contribution in [3.05, 3.63) is 168 Å². The minimum absolute atomic E-state index is 0.0339. The highest BCUT2D eigenvalue weighted by Gasteiger charge is 2.33. The van der Waals surface area contributed by atoms with Crippen molar-refractivity contribution in [2.45, 2.75) is 0 Å². The molecule has 0 unspecified atom stereocenters. The van der Waals surface area contributed by atoms with Gasteiger partial charge in [-0.1, -0.05) is 152 Å². The lowest BCUT2D eigenvalue weighted by Gasteiger charge is -2.23. The summed E-state index contributed by atoms with van der Waals surface area (Å²) in [6.07, 6.45) is 0. The highest BCUT2D eigenvalue weighted by Crippen LogP contribution is 2.48. The minimum Gasteiger partial charge on any atom is -0.465 e. The van der Waals surface area contributed by atoms with Crippen LogP contribution < -0.4 is 0 Å². The smallest absolute Gasteiger partial charge is 0.342 e. The second-order valence-electron chi connectivity index (χ2n) is 10.6. The maximum absolute atomic E-state index is 14.2. The van der Waals surface area contributed by atoms with Crippen LogP contribution >= 0.6 is 0 Å². The van der Waals surface area contributed by atoms with Crippen LogP contribution in [0.3, 0.4) is 0 Å². The summed E-state index contributed by atoms with van der Waals surface area (Å²) in [6.45, 7) is 0. The van der Waals surface area contributed by atoms with Crippen molar-refractivity contribution in [2.75, 3.05) is 7.11 Å². The molecule has 0 spiro atoms. The first-order valence-corrected chi connectivity index (χ1v) is 14.7. The van der Waals surface area contributed by atoms with Crippen molar-refractivity contribution in [1.29, 1.82) is 0 Å². The predicted molar refractivity (Wildman–Crippen MR) is 178 cm³/mol. The number of esters is 1. The molecule has 5 nitrogen and oxygen atoms in total. The van der Waals surface area contributed by atoms with Crippen LogP contribution in [0.5, 0.6) is 0 Å². The molecule has 0 atom stereocenters. The van der Waals surface area contributed by atoms with Gasteiger partial charge in [-0.2, -0.15) is 5.10 Å². The maximum Gasteiger partial charge on any atom is 0.342 e. The average Bonchev–Trinajstić information content (AvgIpc) is 3.52. The van der Waals surface area contributed by atoms with Gasteiger partial charge in [0, 0.05) is 27.8 Å². The molecule has 0 fully saturated rings. The molecule has 0 aliphatic rings. The number of ketones is 1. The number of aromatic nitrogens is 2. The van der Waals surface area contributed by atoms with Crippen LogP contribution in [0.25, 0.3) is 50.2 Å². The second kappa shape index (κ2) is 11.9. The van der Waals surface area contributed by atoms with E-state index in [1.165, 1.54) is 7.11 Å². The van der Waals surface area contributed by atoms with Gasteiger partial charge >= 0.3 is 5.97 Å². The lowest BCUT2D eigenvalue weighted by atomic mass is 9.84. The normalized spacial score (nSPS) is 11.0. The van der Waals surface area contributed by atoms with Gasteiger partial charge in [0.1, 0.15) is 11.3 Å². The van der Waals surface area contributed by atoms with Gasteiger partial charge in [0.2, 0.25) is 5.78 Å². The van der Waals surface area contributed by atoms with Gasteiger partial charge in [0.25, 0.3) is 0 Å². The Morgan fingerprint density at radius 1 is 0.533 bits per heavy atom. The average molecular weight is 585 g/mol. The van der Waals surface area contributed by atoms with Crippen LogP contribution in [-0.4, -0.2) is 28.5 Å². The third kappa shape index (κ3) is 4.90. The largest absolute Gasteiger partial charge is 0.465 e. The summed E-state index contributed by atoms with van der Waals surface area (Å²) in [5, 5.41) is 5.01. The fraction of sp³-hybridized carbons (Fsp3) is 0.0250. The van der Waals surface area contributed by atoms with Gasteiger partial charge in [-0.05, 0) is 16.7 Å². The number of fused-ring (bicyclic) bond motifs is 1. The number of nitrogens with zero attached hydrogens (tertiary/aromatic N) is 2. The molecule has 0 aliphatic carbocycles. The Morgan fingerprint density at radius 2 is 0.956 bits per heavy atom. The summed E-state index contributed by atoms with van der Waals surface area (Å²) in [7, 11) is 1.33. The van der Waals surface area contributed by atoms with Gasteiger partial charge < -0.3 is 4.74 Å². The van der Waals surface area contributed by atoms with Crippen molar-refractivity contribution in [3.8, 4) is 44.6 Å². The van der Waals surface area contributed by atoms with Gasteiger partial charge in [-0.3, -0.25) is 4.79 Å². The topological polar surface area (TPSA) is 60.7 Å². The van der Waals surface area contributed by atoms with Gasteiger partial charge in [0.05, 0.1) is 18.3 Å². The van der Waals surface area contributed by atoms with E-state index < -0.39 is 5.97 Å². The molecule has 0 radical (unpaired) electrons. The fourth-order valence-corrected chi connectivity index (χ4v) is 5.99. The molecular formula is C40H28N2O3. The van der Waals surface area contributed by atoms with Crippen LogP contribution in [0, 0.1) is 0 Å². The van der Waals surface area contributed by atoms with E-state index in [2.05, 4.69) is 24.3 Å². The molecule has 5 heteroatoms. The van der Waals surface area contributed by atoms with Crippen molar-refractivity contribution in [2.24, 2.45) is 0 Å². The molecule has 0 N–H and O–H groups in total. The van der Waals surface area contributed by atoms with Crippen LogP contribution in [0.2, 0.25) is 0 Å². The maximum atomic E-state index is 14.2. The molecule has 45 heavy (non-hydrogen) atoms. The minimum atomic E-state index is -0.632. The molecule has 0 saturated heterocycles. The van der Waals surface area contributed by atoms with E-state index in [0.29, 0.717) is 11.1 Å². The Balaban J connectivity index is 1.78. The molecule has 216 valence electrons. The lowest BCUT2D eigenvalue weighted by Crippen LogP contribution is -2.10. The number of ether oxygens (including phenoxy) is 1. The first kappa shape index (κ1) is 27.7. The van der Waals surface area contributed by atoms with E-state index in [1.807, 2.05) is 103 Å². The quantitative estimate of drug-likeness (QED) is 0.139. The number of pyridine rings is 1. The zero-order valence-corrected chi connectivity index (χ0v) is 24.6. The molecule has 2 aromatic heterocycles. The summed E-state index contributed by atoms with van der Waals surface area (Å²) >= 11 is 0. The third-order valence-electron chi connectivity index (χ3n) is 7.95. The summed E-state index contributed by atoms with van der Waals surface area (Å²) in [5.74, 6) is -0.993. The number of hydrogen-bond acceptors (Lipinski definition) is 4. The second-order valence-corrected chi connectivity index (χ2v) is 10.6. The predicted octanol–water partition coefficient (Wildman–Crippen LogP) is 9.02. The first-order valence-electron chi connectivity index (χ1n) is 14.7. The number of carbonyl (C=O) groups is 2. The van der Waals surface area contributed by atoms with Crippen LogP contribution in [0.1, 0.15) is 26.4 Å². The Labute approximate surface area is 261 Å². The summed E-state index contributed by atoms with van der Waals surface area (Å²) in [4.78, 5) is 28.0. The van der Waals surface area contributed by atoms with Crippen LogP contribution in [-0.2, 0) is 4.74 Å². The lowest BCUT2D eigenvalue weighted by molar-refractivity contribution is 0.0599. The summed E-state index contributed by atoms with van der Waals surface area (Å²) in [6, 6.07) is 49.1. The van der Waals surface area contributed by atoms with E-state index in [-0.39, 0.29) is 17.0 Å². The molecule has 7 aromatic rings. The van der Waals surface area contributed by atoms with Crippen molar-refractivity contribution >= 4 is 17.3 Å². The highest BCUT2D eigenvalue weighted by atomic mass is 16.5. The summed E-state index contributed by atoms with van der Waals surface area (Å²) < 4.78 is 7.15. The van der Waals surface area contributed by atoms with Crippen molar-refractivity contribution < 1.29 is 14.3 Å². The molecule has 2 heterocycles. The Bertz CT molecular complexity index is 2140. The number of rotatable bonds is 7. The number of methoxy groups -OCH3 is 1. The SMILES string of the molecule is COC(=O)c1c(C(=O)c2ccccc2)nn2c(-c3ccccc3)c(-c3ccccc3)c(-c3ccccc3)c(-c3ccccc3)c12. The molecule has 0 amide bonds. The van der Waals surface area contributed by atoms with E-state index in [9.17, 15) is 9.59 Å². The van der Waals surface area contributed by atoms with Crippen molar-refractivity contribution in [1.82, 2.24) is 9.61 Å². The van der Waals surface area contributed by atoms with Crippen LogP contribution in [0.15, 0.2) is 152 Å². The van der Waals surface area contributed by atoms with E-state index in [0.717, 1.165) is 44.6 Å². The fourth-order valence-electron chi connectivity index (χ4n) is 5.99. The summed E-state index contributed by atoms with van der Waals surface area (Å²) in [5.41, 5.74) is 8.17. The molecule has 0 saturated carbocycles. The highest BCUT2D eigenvalue weighted by molar-refractivity contribution is 6.19. The van der Waals surface area contributed by atoms with Gasteiger partial charge in [-0.15, -0.1) is 0 Å².